The van der Waals surface area contributed by atoms with Crippen LogP contribution in [0.2, 0.25) is 0 Å². The van der Waals surface area contributed by atoms with Gasteiger partial charge in [0.05, 0.1) is 0 Å². The summed E-state index contributed by atoms with van der Waals surface area (Å²) in [4.78, 5) is 14.6. The number of hydrogen-bond donors (Lipinski definition) is 0. The van der Waals surface area contributed by atoms with Crippen molar-refractivity contribution in [2.24, 2.45) is 0 Å². The van der Waals surface area contributed by atoms with E-state index in [0.29, 0.717) is 12.3 Å². The zero-order chi connectivity index (χ0) is 16.5. The Morgan fingerprint density at radius 2 is 1.96 bits per heavy atom. The second-order valence-corrected chi connectivity index (χ2v) is 7.07. The lowest BCUT2D eigenvalue weighted by molar-refractivity contribution is -0.133. The van der Waals surface area contributed by atoms with Crippen LogP contribution < -0.4 is 0 Å². The van der Waals surface area contributed by atoms with Crippen molar-refractivity contribution in [1.82, 2.24) is 24.2 Å². The predicted octanol–water partition coefficient (Wildman–Crippen LogP) is 2.38. The molecule has 0 aromatic carbocycles. The molecule has 0 radical (unpaired) electrons. The molecule has 6 nitrogen and oxygen atoms in total. The molecule has 1 unspecified atom stereocenters. The van der Waals surface area contributed by atoms with E-state index in [9.17, 15) is 4.79 Å². The van der Waals surface area contributed by atoms with Crippen LogP contribution in [0.25, 0.3) is 0 Å². The Morgan fingerprint density at radius 3 is 2.71 bits per heavy atom. The molecule has 24 heavy (non-hydrogen) atoms. The lowest BCUT2D eigenvalue weighted by Gasteiger charge is -2.32. The smallest absolute Gasteiger partial charge is 0.224 e. The fraction of sp³-hybridized carbons (Fsp3) is 0.611. The fourth-order valence-corrected chi connectivity index (χ4v) is 3.99. The summed E-state index contributed by atoms with van der Waals surface area (Å²) in [5.41, 5.74) is 0. The summed E-state index contributed by atoms with van der Waals surface area (Å²) >= 11 is 0. The molecule has 2 aromatic heterocycles. The van der Waals surface area contributed by atoms with Gasteiger partial charge in [0.15, 0.2) is 0 Å². The number of rotatable bonds is 4. The van der Waals surface area contributed by atoms with E-state index < -0.39 is 0 Å². The Bertz CT molecular complexity index is 697. The molecule has 4 heterocycles. The highest BCUT2D eigenvalue weighted by atomic mass is 16.2. The molecule has 0 N–H and O–H groups in total. The van der Waals surface area contributed by atoms with Gasteiger partial charge in [0.1, 0.15) is 11.6 Å². The molecular formula is C18H25N5O. The standard InChI is InChI=1S/C18H25N5O/c1-14(21-8-2-3-9-21)13-17(24)22-11-6-15(7-12-22)18-20-19-16-5-4-10-23(16)18/h2-3,8-9,14-15H,4-7,10-13H2,1H3. The molecule has 1 atom stereocenters. The molecule has 128 valence electrons. The number of carbonyl (C=O) groups is 1. The third-order valence-corrected chi connectivity index (χ3v) is 5.46. The van der Waals surface area contributed by atoms with E-state index in [2.05, 4.69) is 26.3 Å². The molecule has 1 saturated heterocycles. The number of aryl methyl sites for hydroxylation is 1. The summed E-state index contributed by atoms with van der Waals surface area (Å²) in [6, 6.07) is 4.22. The van der Waals surface area contributed by atoms with E-state index in [1.807, 2.05) is 29.4 Å². The molecule has 2 aliphatic rings. The summed E-state index contributed by atoms with van der Waals surface area (Å²) < 4.78 is 4.40. The van der Waals surface area contributed by atoms with Gasteiger partial charge in [-0.1, -0.05) is 0 Å². The van der Waals surface area contributed by atoms with Gasteiger partial charge in [-0.2, -0.15) is 0 Å². The van der Waals surface area contributed by atoms with Crippen molar-refractivity contribution in [3.05, 3.63) is 36.2 Å². The Kier molecular flexibility index (Phi) is 4.12. The minimum atomic E-state index is 0.213. The Balaban J connectivity index is 1.33. The number of fused-ring (bicyclic) bond motifs is 1. The minimum Gasteiger partial charge on any atom is -0.351 e. The van der Waals surface area contributed by atoms with Crippen molar-refractivity contribution in [2.75, 3.05) is 13.1 Å². The molecule has 0 saturated carbocycles. The van der Waals surface area contributed by atoms with Crippen LogP contribution in [0.15, 0.2) is 24.5 Å². The van der Waals surface area contributed by atoms with Gasteiger partial charge in [-0.15, -0.1) is 10.2 Å². The topological polar surface area (TPSA) is 56.0 Å². The van der Waals surface area contributed by atoms with Crippen LogP contribution >= 0.6 is 0 Å². The van der Waals surface area contributed by atoms with E-state index in [1.165, 1.54) is 6.42 Å². The number of carbonyl (C=O) groups excluding carboxylic acids is 1. The van der Waals surface area contributed by atoms with Gasteiger partial charge in [0.25, 0.3) is 0 Å². The number of amides is 1. The van der Waals surface area contributed by atoms with Crippen LogP contribution in [0.1, 0.15) is 56.2 Å². The molecule has 0 aliphatic carbocycles. The molecule has 4 rings (SSSR count). The monoisotopic (exact) mass is 327 g/mol. The van der Waals surface area contributed by atoms with Crippen molar-refractivity contribution in [3.63, 3.8) is 0 Å². The molecule has 0 bridgehead atoms. The molecule has 2 aromatic rings. The quantitative estimate of drug-likeness (QED) is 0.866. The van der Waals surface area contributed by atoms with Crippen molar-refractivity contribution < 1.29 is 4.79 Å². The van der Waals surface area contributed by atoms with Crippen LogP contribution in [0.5, 0.6) is 0 Å². The average Bonchev–Trinajstić information content (AvgIpc) is 3.32. The summed E-state index contributed by atoms with van der Waals surface area (Å²) in [6.07, 6.45) is 8.86. The first-order chi connectivity index (χ1) is 11.7. The first-order valence-electron chi connectivity index (χ1n) is 9.04. The van der Waals surface area contributed by atoms with Crippen LogP contribution in [0.4, 0.5) is 0 Å². The van der Waals surface area contributed by atoms with E-state index in [-0.39, 0.29) is 11.9 Å². The maximum atomic E-state index is 12.6. The van der Waals surface area contributed by atoms with Crippen molar-refractivity contribution in [1.29, 1.82) is 0 Å². The molecular weight excluding hydrogens is 302 g/mol. The second-order valence-electron chi connectivity index (χ2n) is 7.07. The van der Waals surface area contributed by atoms with Crippen LogP contribution in [-0.4, -0.2) is 43.2 Å². The largest absolute Gasteiger partial charge is 0.351 e. The molecule has 1 amide bonds. The van der Waals surface area contributed by atoms with Crippen molar-refractivity contribution in [2.45, 2.75) is 57.5 Å². The van der Waals surface area contributed by atoms with Gasteiger partial charge in [0.2, 0.25) is 5.91 Å². The van der Waals surface area contributed by atoms with Crippen LogP contribution in [0, 0.1) is 0 Å². The highest BCUT2D eigenvalue weighted by Crippen LogP contribution is 2.30. The number of aromatic nitrogens is 4. The van der Waals surface area contributed by atoms with E-state index in [0.717, 1.165) is 50.5 Å². The average molecular weight is 327 g/mol. The fourth-order valence-electron chi connectivity index (χ4n) is 3.99. The SMILES string of the molecule is CC(CC(=O)N1CCC(c2nnc3n2CCC3)CC1)n1cccc1. The Morgan fingerprint density at radius 1 is 1.21 bits per heavy atom. The molecule has 6 heteroatoms. The van der Waals surface area contributed by atoms with Gasteiger partial charge in [-0.25, -0.2) is 0 Å². The van der Waals surface area contributed by atoms with Crippen molar-refractivity contribution >= 4 is 5.91 Å². The van der Waals surface area contributed by atoms with Gasteiger partial charge in [-0.3, -0.25) is 4.79 Å². The van der Waals surface area contributed by atoms with E-state index in [1.54, 1.807) is 0 Å². The van der Waals surface area contributed by atoms with E-state index >= 15 is 0 Å². The minimum absolute atomic E-state index is 0.213. The zero-order valence-electron chi connectivity index (χ0n) is 14.3. The first-order valence-corrected chi connectivity index (χ1v) is 9.04. The number of hydrogen-bond acceptors (Lipinski definition) is 3. The normalized spacial score (nSPS) is 19.5. The van der Waals surface area contributed by atoms with Gasteiger partial charge < -0.3 is 14.0 Å². The Hall–Kier alpha value is -2.11. The molecule has 1 fully saturated rings. The highest BCUT2D eigenvalue weighted by Gasteiger charge is 2.29. The summed E-state index contributed by atoms with van der Waals surface area (Å²) in [5, 5.41) is 8.74. The maximum absolute atomic E-state index is 12.6. The summed E-state index contributed by atoms with van der Waals surface area (Å²) in [5.74, 6) is 3.01. The maximum Gasteiger partial charge on any atom is 0.224 e. The lowest BCUT2D eigenvalue weighted by Crippen LogP contribution is -2.39. The third-order valence-electron chi connectivity index (χ3n) is 5.46. The summed E-state index contributed by atoms with van der Waals surface area (Å²) in [6.45, 7) is 4.84. The number of likely N-dealkylation sites (tertiary alicyclic amines) is 1. The number of piperidine rings is 1. The van der Waals surface area contributed by atoms with Gasteiger partial charge >= 0.3 is 0 Å². The van der Waals surface area contributed by atoms with Crippen molar-refractivity contribution in [3.8, 4) is 0 Å². The van der Waals surface area contributed by atoms with Gasteiger partial charge in [-0.05, 0) is 38.3 Å². The van der Waals surface area contributed by atoms with E-state index in [4.69, 9.17) is 0 Å². The lowest BCUT2D eigenvalue weighted by atomic mass is 9.95. The first kappa shape index (κ1) is 15.4. The van der Waals surface area contributed by atoms with Crippen LogP contribution in [-0.2, 0) is 17.8 Å². The predicted molar refractivity (Wildman–Crippen MR) is 90.7 cm³/mol. The van der Waals surface area contributed by atoms with Gasteiger partial charge in [0, 0.05) is 56.8 Å². The molecule has 2 aliphatic heterocycles. The second kappa shape index (κ2) is 6.42. The Labute approximate surface area is 142 Å². The zero-order valence-corrected chi connectivity index (χ0v) is 14.3. The van der Waals surface area contributed by atoms with Crippen LogP contribution in [0.3, 0.4) is 0 Å². The third kappa shape index (κ3) is 2.85. The highest BCUT2D eigenvalue weighted by molar-refractivity contribution is 5.76. The molecule has 0 spiro atoms. The summed E-state index contributed by atoms with van der Waals surface area (Å²) in [7, 11) is 0. The number of nitrogens with zero attached hydrogens (tertiary/aromatic N) is 5.